The molecule has 0 radical (unpaired) electrons. The Labute approximate surface area is 187 Å². The number of nitrogens with one attached hydrogen (secondary N) is 1. The zero-order valence-corrected chi connectivity index (χ0v) is 18.1. The first kappa shape index (κ1) is 21.3. The van der Waals surface area contributed by atoms with Gasteiger partial charge in [-0.1, -0.05) is 72.8 Å². The second-order valence-electron chi connectivity index (χ2n) is 8.02. The number of amides is 1. The van der Waals surface area contributed by atoms with Crippen LogP contribution in [0, 0.1) is 6.92 Å². The molecule has 0 aromatic heterocycles. The highest BCUT2D eigenvalue weighted by molar-refractivity contribution is 6.00. The van der Waals surface area contributed by atoms with Crippen molar-refractivity contribution in [2.24, 2.45) is 0 Å². The first-order valence-corrected chi connectivity index (χ1v) is 10.6. The molecule has 0 fully saturated rings. The van der Waals surface area contributed by atoms with Crippen molar-refractivity contribution in [2.75, 3.05) is 5.32 Å². The number of fused-ring (bicyclic) bond motifs is 1. The van der Waals surface area contributed by atoms with Crippen molar-refractivity contribution >= 4 is 28.3 Å². The predicted octanol–water partition coefficient (Wildman–Crippen LogP) is 6.18. The summed E-state index contributed by atoms with van der Waals surface area (Å²) in [4.78, 5) is 24.9. The van der Waals surface area contributed by atoms with E-state index in [1.165, 1.54) is 0 Å². The summed E-state index contributed by atoms with van der Waals surface area (Å²) >= 11 is 0. The van der Waals surface area contributed by atoms with Gasteiger partial charge in [0.2, 0.25) is 5.91 Å². The van der Waals surface area contributed by atoms with Gasteiger partial charge in [-0.05, 0) is 59.0 Å². The van der Waals surface area contributed by atoms with Gasteiger partial charge >= 0.3 is 5.97 Å². The van der Waals surface area contributed by atoms with Crippen LogP contribution in [0.3, 0.4) is 0 Å². The molecule has 2 N–H and O–H groups in total. The smallest absolute Gasteiger partial charge is 0.335 e. The highest BCUT2D eigenvalue weighted by atomic mass is 16.4. The number of carbonyl (C=O) groups excluding carboxylic acids is 1. The summed E-state index contributed by atoms with van der Waals surface area (Å²) in [5.74, 6) is -1.40. The SMILES string of the molecule is Cc1ccc2ccccc2c1C(C)C(=O)Nc1ccccc1Cc1ccccc1C(=O)O. The summed E-state index contributed by atoms with van der Waals surface area (Å²) in [6.07, 6.45) is 0.417. The lowest BCUT2D eigenvalue weighted by molar-refractivity contribution is -0.117. The average molecular weight is 424 g/mol. The lowest BCUT2D eigenvalue weighted by Crippen LogP contribution is -2.20. The first-order chi connectivity index (χ1) is 15.5. The van der Waals surface area contributed by atoms with Crippen LogP contribution in [-0.4, -0.2) is 17.0 Å². The molecule has 0 aliphatic heterocycles. The summed E-state index contributed by atoms with van der Waals surface area (Å²) < 4.78 is 0. The Morgan fingerprint density at radius 1 is 0.844 bits per heavy atom. The van der Waals surface area contributed by atoms with Gasteiger partial charge < -0.3 is 10.4 Å². The number of aromatic carboxylic acids is 1. The summed E-state index contributed by atoms with van der Waals surface area (Å²) in [7, 11) is 0. The van der Waals surface area contributed by atoms with Crippen molar-refractivity contribution in [2.45, 2.75) is 26.2 Å². The molecular formula is C28H25NO3. The Balaban J connectivity index is 1.63. The highest BCUT2D eigenvalue weighted by Crippen LogP contribution is 2.30. The van der Waals surface area contributed by atoms with Crippen molar-refractivity contribution in [1.82, 2.24) is 0 Å². The van der Waals surface area contributed by atoms with Gasteiger partial charge in [-0.2, -0.15) is 0 Å². The fourth-order valence-electron chi connectivity index (χ4n) is 4.24. The Morgan fingerprint density at radius 2 is 1.50 bits per heavy atom. The van der Waals surface area contributed by atoms with Gasteiger partial charge in [-0.15, -0.1) is 0 Å². The van der Waals surface area contributed by atoms with Crippen LogP contribution in [0.5, 0.6) is 0 Å². The van der Waals surface area contributed by atoms with Crippen molar-refractivity contribution in [1.29, 1.82) is 0 Å². The molecule has 32 heavy (non-hydrogen) atoms. The molecule has 1 atom stereocenters. The molecule has 0 heterocycles. The van der Waals surface area contributed by atoms with Gasteiger partial charge in [0.25, 0.3) is 0 Å². The molecule has 4 rings (SSSR count). The van der Waals surface area contributed by atoms with E-state index >= 15 is 0 Å². The van der Waals surface area contributed by atoms with Gasteiger partial charge in [0.05, 0.1) is 11.5 Å². The number of carboxylic acids is 1. The molecule has 4 heteroatoms. The van der Waals surface area contributed by atoms with Gasteiger partial charge in [-0.3, -0.25) is 4.79 Å². The van der Waals surface area contributed by atoms with E-state index in [0.29, 0.717) is 17.7 Å². The molecule has 0 saturated carbocycles. The molecule has 0 aliphatic rings. The Morgan fingerprint density at radius 3 is 2.28 bits per heavy atom. The lowest BCUT2D eigenvalue weighted by Gasteiger charge is -2.19. The standard InChI is InChI=1S/C28H25NO3/c1-18-15-16-20-9-3-6-12-23(20)26(18)19(2)27(30)29-25-14-8-5-11-22(25)17-21-10-4-7-13-24(21)28(31)32/h3-16,19H,17H2,1-2H3,(H,29,30)(H,31,32). The van der Waals surface area contributed by atoms with E-state index < -0.39 is 5.97 Å². The van der Waals surface area contributed by atoms with Crippen LogP contribution in [0.4, 0.5) is 5.69 Å². The first-order valence-electron chi connectivity index (χ1n) is 10.6. The maximum atomic E-state index is 13.3. The molecule has 4 aromatic rings. The third-order valence-electron chi connectivity index (χ3n) is 5.92. The van der Waals surface area contributed by atoms with Crippen LogP contribution in [0.25, 0.3) is 10.8 Å². The Bertz CT molecular complexity index is 1310. The van der Waals surface area contributed by atoms with E-state index in [1.807, 2.05) is 62.4 Å². The maximum Gasteiger partial charge on any atom is 0.335 e. The third-order valence-corrected chi connectivity index (χ3v) is 5.92. The van der Waals surface area contributed by atoms with Crippen LogP contribution in [-0.2, 0) is 11.2 Å². The number of para-hydroxylation sites is 1. The lowest BCUT2D eigenvalue weighted by atomic mass is 9.90. The molecule has 0 aliphatic carbocycles. The van der Waals surface area contributed by atoms with E-state index in [0.717, 1.165) is 27.5 Å². The molecule has 160 valence electrons. The Hall–Kier alpha value is -3.92. The predicted molar refractivity (Wildman–Crippen MR) is 128 cm³/mol. The number of aryl methyl sites for hydroxylation is 1. The molecule has 0 bridgehead atoms. The van der Waals surface area contributed by atoms with Crippen LogP contribution in [0.2, 0.25) is 0 Å². The second-order valence-corrected chi connectivity index (χ2v) is 8.02. The number of carbonyl (C=O) groups is 2. The minimum Gasteiger partial charge on any atom is -0.478 e. The van der Waals surface area contributed by atoms with E-state index in [-0.39, 0.29) is 17.4 Å². The van der Waals surface area contributed by atoms with Gasteiger partial charge in [0.1, 0.15) is 0 Å². The molecule has 0 saturated heterocycles. The summed E-state index contributed by atoms with van der Waals surface area (Å²) in [6, 6.07) is 26.7. The zero-order valence-electron chi connectivity index (χ0n) is 18.1. The normalized spacial score (nSPS) is 11.8. The van der Waals surface area contributed by atoms with Crippen LogP contribution >= 0.6 is 0 Å². The molecule has 4 nitrogen and oxygen atoms in total. The number of rotatable bonds is 6. The molecule has 4 aromatic carbocycles. The van der Waals surface area contributed by atoms with Crippen LogP contribution in [0.1, 0.15) is 45.5 Å². The largest absolute Gasteiger partial charge is 0.478 e. The van der Waals surface area contributed by atoms with Crippen LogP contribution < -0.4 is 5.32 Å². The molecule has 0 spiro atoms. The number of benzene rings is 4. The second kappa shape index (κ2) is 9.06. The fourth-order valence-corrected chi connectivity index (χ4v) is 4.24. The average Bonchev–Trinajstić information content (AvgIpc) is 2.80. The number of carboxylic acid groups (broad SMARTS) is 1. The van der Waals surface area contributed by atoms with E-state index in [9.17, 15) is 14.7 Å². The van der Waals surface area contributed by atoms with E-state index in [2.05, 4.69) is 29.6 Å². The maximum absolute atomic E-state index is 13.3. The highest BCUT2D eigenvalue weighted by Gasteiger charge is 2.21. The number of anilines is 1. The van der Waals surface area contributed by atoms with Crippen LogP contribution in [0.15, 0.2) is 84.9 Å². The fraction of sp³-hybridized carbons (Fsp3) is 0.143. The van der Waals surface area contributed by atoms with Crippen molar-refractivity contribution in [3.8, 4) is 0 Å². The number of hydrogen-bond acceptors (Lipinski definition) is 2. The quantitative estimate of drug-likeness (QED) is 0.389. The Kier molecular flexibility index (Phi) is 6.04. The van der Waals surface area contributed by atoms with Gasteiger partial charge in [0.15, 0.2) is 0 Å². The van der Waals surface area contributed by atoms with Crippen molar-refractivity contribution in [3.05, 3.63) is 113 Å². The molecule has 1 amide bonds. The van der Waals surface area contributed by atoms with E-state index in [4.69, 9.17) is 0 Å². The van der Waals surface area contributed by atoms with Gasteiger partial charge in [0, 0.05) is 12.1 Å². The van der Waals surface area contributed by atoms with Crippen molar-refractivity contribution < 1.29 is 14.7 Å². The van der Waals surface area contributed by atoms with Crippen molar-refractivity contribution in [3.63, 3.8) is 0 Å². The minimum absolute atomic E-state index is 0.0941. The zero-order chi connectivity index (χ0) is 22.7. The molecule has 1 unspecified atom stereocenters. The minimum atomic E-state index is -0.956. The molecular weight excluding hydrogens is 398 g/mol. The van der Waals surface area contributed by atoms with Gasteiger partial charge in [-0.25, -0.2) is 4.79 Å². The summed E-state index contributed by atoms with van der Waals surface area (Å²) in [5, 5.41) is 14.8. The summed E-state index contributed by atoms with van der Waals surface area (Å²) in [5.41, 5.74) is 4.65. The number of hydrogen-bond donors (Lipinski definition) is 2. The summed E-state index contributed by atoms with van der Waals surface area (Å²) in [6.45, 7) is 3.95. The topological polar surface area (TPSA) is 66.4 Å². The van der Waals surface area contributed by atoms with E-state index in [1.54, 1.807) is 12.1 Å². The monoisotopic (exact) mass is 423 g/mol. The third kappa shape index (κ3) is 4.26.